The van der Waals surface area contributed by atoms with E-state index in [-0.39, 0.29) is 11.9 Å². The number of nitrogens with two attached hydrogens (primary N) is 1. The predicted molar refractivity (Wildman–Crippen MR) is 74.9 cm³/mol. The molecule has 0 aliphatic carbocycles. The van der Waals surface area contributed by atoms with Gasteiger partial charge in [-0.05, 0) is 30.2 Å². The highest BCUT2D eigenvalue weighted by Gasteiger charge is 2.07. The minimum Gasteiger partial charge on any atom is -0.349 e. The Morgan fingerprint density at radius 1 is 1.39 bits per heavy atom. The van der Waals surface area contributed by atoms with Crippen molar-refractivity contribution in [3.8, 4) is 0 Å². The molecule has 2 rings (SSSR count). The Morgan fingerprint density at radius 3 is 2.83 bits per heavy atom. The Kier molecular flexibility index (Phi) is 4.19. The highest BCUT2D eigenvalue weighted by atomic mass is 79.9. The zero-order chi connectivity index (χ0) is 13.1. The average molecular weight is 311 g/mol. The SMILES string of the molecule is CCC(N)c1ccn(Cc2ccc(Br)cc2F)c1. The standard InChI is InChI=1S/C14H16BrFN2/c1-2-14(17)11-5-6-18(9-11)8-10-3-4-12(15)7-13(10)16/h3-7,9,14H,2,8,17H2,1H3. The van der Waals surface area contributed by atoms with Gasteiger partial charge < -0.3 is 10.3 Å². The lowest BCUT2D eigenvalue weighted by Gasteiger charge is -2.07. The van der Waals surface area contributed by atoms with E-state index in [2.05, 4.69) is 22.9 Å². The average Bonchev–Trinajstić information content (AvgIpc) is 2.80. The first kappa shape index (κ1) is 13.3. The lowest BCUT2D eigenvalue weighted by molar-refractivity contribution is 0.598. The second kappa shape index (κ2) is 5.67. The van der Waals surface area contributed by atoms with Crippen LogP contribution >= 0.6 is 15.9 Å². The molecule has 2 aromatic rings. The third kappa shape index (κ3) is 3.00. The Bertz CT molecular complexity index is 536. The molecule has 0 aliphatic heterocycles. The van der Waals surface area contributed by atoms with Crippen LogP contribution in [0.2, 0.25) is 0 Å². The van der Waals surface area contributed by atoms with Crippen LogP contribution in [-0.4, -0.2) is 4.57 Å². The van der Waals surface area contributed by atoms with Crippen molar-refractivity contribution in [2.24, 2.45) is 5.73 Å². The summed E-state index contributed by atoms with van der Waals surface area (Å²) in [5.41, 5.74) is 7.72. The van der Waals surface area contributed by atoms with E-state index in [0.29, 0.717) is 12.1 Å². The van der Waals surface area contributed by atoms with Crippen molar-refractivity contribution in [3.63, 3.8) is 0 Å². The molecule has 0 aliphatic rings. The molecule has 2 N–H and O–H groups in total. The smallest absolute Gasteiger partial charge is 0.129 e. The summed E-state index contributed by atoms with van der Waals surface area (Å²) in [4.78, 5) is 0. The number of aromatic nitrogens is 1. The minimum atomic E-state index is -0.195. The molecule has 4 heteroatoms. The number of halogens is 2. The van der Waals surface area contributed by atoms with E-state index in [1.165, 1.54) is 6.07 Å². The Hall–Kier alpha value is -1.13. The summed E-state index contributed by atoms with van der Waals surface area (Å²) < 4.78 is 16.4. The Balaban J connectivity index is 2.16. The van der Waals surface area contributed by atoms with Gasteiger partial charge in [0.25, 0.3) is 0 Å². The van der Waals surface area contributed by atoms with E-state index < -0.39 is 0 Å². The van der Waals surface area contributed by atoms with Gasteiger partial charge >= 0.3 is 0 Å². The maximum absolute atomic E-state index is 13.7. The van der Waals surface area contributed by atoms with Crippen molar-refractivity contribution >= 4 is 15.9 Å². The van der Waals surface area contributed by atoms with E-state index in [1.54, 1.807) is 6.07 Å². The van der Waals surface area contributed by atoms with Crippen LogP contribution in [0.5, 0.6) is 0 Å². The molecule has 96 valence electrons. The van der Waals surface area contributed by atoms with Gasteiger partial charge in [0.2, 0.25) is 0 Å². The quantitative estimate of drug-likeness (QED) is 0.913. The van der Waals surface area contributed by atoms with Crippen molar-refractivity contribution in [3.05, 3.63) is 58.1 Å². The number of nitrogens with zero attached hydrogens (tertiary/aromatic N) is 1. The van der Waals surface area contributed by atoms with Crippen molar-refractivity contribution < 1.29 is 4.39 Å². The van der Waals surface area contributed by atoms with E-state index >= 15 is 0 Å². The van der Waals surface area contributed by atoms with Gasteiger partial charge in [-0.1, -0.05) is 28.9 Å². The molecule has 1 unspecified atom stereocenters. The molecule has 1 aromatic heterocycles. The number of benzene rings is 1. The molecule has 2 nitrogen and oxygen atoms in total. The number of hydrogen-bond donors (Lipinski definition) is 1. The summed E-state index contributed by atoms with van der Waals surface area (Å²) in [5, 5.41) is 0. The van der Waals surface area contributed by atoms with Gasteiger partial charge in [-0.25, -0.2) is 4.39 Å². The second-order valence-electron chi connectivity index (χ2n) is 4.37. The van der Waals surface area contributed by atoms with Crippen molar-refractivity contribution in [2.45, 2.75) is 25.9 Å². The Labute approximate surface area is 115 Å². The monoisotopic (exact) mass is 310 g/mol. The summed E-state index contributed by atoms with van der Waals surface area (Å²) in [6.45, 7) is 2.58. The summed E-state index contributed by atoms with van der Waals surface area (Å²) in [6.07, 6.45) is 4.82. The van der Waals surface area contributed by atoms with Crippen molar-refractivity contribution in [1.29, 1.82) is 0 Å². The molecule has 1 heterocycles. The van der Waals surface area contributed by atoms with Crippen LogP contribution in [0.3, 0.4) is 0 Å². The normalized spacial score (nSPS) is 12.7. The molecule has 18 heavy (non-hydrogen) atoms. The van der Waals surface area contributed by atoms with Gasteiger partial charge in [0.05, 0.1) is 0 Å². The molecule has 0 amide bonds. The minimum absolute atomic E-state index is 0.0565. The molecule has 0 saturated carbocycles. The molecule has 0 saturated heterocycles. The molecular weight excluding hydrogens is 295 g/mol. The van der Waals surface area contributed by atoms with Crippen molar-refractivity contribution in [2.75, 3.05) is 0 Å². The molecule has 0 bridgehead atoms. The maximum Gasteiger partial charge on any atom is 0.129 e. The first-order valence-electron chi connectivity index (χ1n) is 5.95. The highest BCUT2D eigenvalue weighted by Crippen LogP contribution is 2.18. The fourth-order valence-electron chi connectivity index (χ4n) is 1.86. The first-order valence-corrected chi connectivity index (χ1v) is 6.74. The van der Waals surface area contributed by atoms with Gasteiger partial charge in [-0.2, -0.15) is 0 Å². The fraction of sp³-hybridized carbons (Fsp3) is 0.286. The molecular formula is C14H16BrFN2. The third-order valence-corrected chi connectivity index (χ3v) is 3.50. The largest absolute Gasteiger partial charge is 0.349 e. The topological polar surface area (TPSA) is 30.9 Å². The summed E-state index contributed by atoms with van der Waals surface area (Å²) in [5.74, 6) is -0.195. The number of hydrogen-bond acceptors (Lipinski definition) is 1. The highest BCUT2D eigenvalue weighted by molar-refractivity contribution is 9.10. The van der Waals surface area contributed by atoms with Crippen LogP contribution in [0.4, 0.5) is 4.39 Å². The lowest BCUT2D eigenvalue weighted by atomic mass is 10.1. The zero-order valence-corrected chi connectivity index (χ0v) is 11.8. The van der Waals surface area contributed by atoms with Gasteiger partial charge in [0.1, 0.15) is 5.82 Å². The zero-order valence-electron chi connectivity index (χ0n) is 10.2. The van der Waals surface area contributed by atoms with E-state index in [0.717, 1.165) is 16.5 Å². The van der Waals surface area contributed by atoms with Gasteiger partial charge in [0, 0.05) is 35.0 Å². The van der Waals surface area contributed by atoms with Crippen LogP contribution in [0.25, 0.3) is 0 Å². The summed E-state index contributed by atoms with van der Waals surface area (Å²) >= 11 is 3.25. The molecule has 1 atom stereocenters. The maximum atomic E-state index is 13.7. The van der Waals surface area contributed by atoms with Crippen LogP contribution in [-0.2, 0) is 6.54 Å². The van der Waals surface area contributed by atoms with Crippen LogP contribution in [0, 0.1) is 5.82 Å². The molecule has 1 aromatic carbocycles. The summed E-state index contributed by atoms with van der Waals surface area (Å²) in [6, 6.07) is 7.17. The lowest BCUT2D eigenvalue weighted by Crippen LogP contribution is -2.07. The van der Waals surface area contributed by atoms with E-state index in [4.69, 9.17) is 5.73 Å². The molecule has 0 radical (unpaired) electrons. The van der Waals surface area contributed by atoms with Crippen LogP contribution in [0.15, 0.2) is 41.1 Å². The van der Waals surface area contributed by atoms with E-state index in [9.17, 15) is 4.39 Å². The fourth-order valence-corrected chi connectivity index (χ4v) is 2.19. The Morgan fingerprint density at radius 2 is 2.17 bits per heavy atom. The summed E-state index contributed by atoms with van der Waals surface area (Å²) in [7, 11) is 0. The van der Waals surface area contributed by atoms with E-state index in [1.807, 2.05) is 29.1 Å². The van der Waals surface area contributed by atoms with Crippen LogP contribution < -0.4 is 5.73 Å². The first-order chi connectivity index (χ1) is 8.60. The van der Waals surface area contributed by atoms with Gasteiger partial charge in [-0.15, -0.1) is 0 Å². The van der Waals surface area contributed by atoms with Crippen molar-refractivity contribution in [1.82, 2.24) is 4.57 Å². The second-order valence-corrected chi connectivity index (χ2v) is 5.28. The molecule has 0 spiro atoms. The van der Waals surface area contributed by atoms with Gasteiger partial charge in [-0.3, -0.25) is 0 Å². The number of rotatable bonds is 4. The van der Waals surface area contributed by atoms with Crippen LogP contribution in [0.1, 0.15) is 30.5 Å². The van der Waals surface area contributed by atoms with Gasteiger partial charge in [0.15, 0.2) is 0 Å². The predicted octanol–water partition coefficient (Wildman–Crippen LogP) is 3.85. The molecule has 0 fully saturated rings. The third-order valence-electron chi connectivity index (χ3n) is 3.01.